The number of benzene rings is 2. The maximum atomic E-state index is 14.3. The van der Waals surface area contributed by atoms with E-state index in [2.05, 4.69) is 4.98 Å². The number of halogens is 2. The van der Waals surface area contributed by atoms with Gasteiger partial charge in [-0.2, -0.15) is 4.31 Å². The molecule has 0 aliphatic heterocycles. The van der Waals surface area contributed by atoms with E-state index in [0.29, 0.717) is 50.1 Å². The van der Waals surface area contributed by atoms with Gasteiger partial charge in [0.2, 0.25) is 10.0 Å². The van der Waals surface area contributed by atoms with Gasteiger partial charge in [0.1, 0.15) is 11.3 Å². The van der Waals surface area contributed by atoms with Crippen molar-refractivity contribution in [3.8, 4) is 0 Å². The van der Waals surface area contributed by atoms with E-state index in [1.54, 1.807) is 0 Å². The molecule has 0 spiro atoms. The Kier molecular flexibility index (Phi) is 9.51. The van der Waals surface area contributed by atoms with Gasteiger partial charge in [-0.25, -0.2) is 22.2 Å². The van der Waals surface area contributed by atoms with Gasteiger partial charge in [0, 0.05) is 31.3 Å². The van der Waals surface area contributed by atoms with Gasteiger partial charge in [0.15, 0.2) is 10.9 Å². The highest BCUT2D eigenvalue weighted by Gasteiger charge is 2.26. The van der Waals surface area contributed by atoms with Crippen molar-refractivity contribution in [1.82, 2.24) is 14.2 Å². The summed E-state index contributed by atoms with van der Waals surface area (Å²) >= 11 is 1.04. The van der Waals surface area contributed by atoms with Crippen molar-refractivity contribution >= 4 is 42.6 Å². The smallest absolute Gasteiger partial charge is 0.260 e. The Morgan fingerprint density at radius 2 is 1.61 bits per heavy atom. The molecule has 196 valence electrons. The third-order valence-corrected chi connectivity index (χ3v) is 8.49. The second kappa shape index (κ2) is 12.2. The van der Waals surface area contributed by atoms with E-state index in [9.17, 15) is 22.0 Å². The van der Waals surface area contributed by atoms with Crippen LogP contribution in [0.5, 0.6) is 0 Å². The molecule has 0 saturated heterocycles. The number of anilines is 1. The van der Waals surface area contributed by atoms with Crippen LogP contribution in [-0.4, -0.2) is 68.8 Å². The number of carbonyl (C=O) groups excluding carboxylic acids is 1. The van der Waals surface area contributed by atoms with Crippen LogP contribution in [0.25, 0.3) is 10.2 Å². The quantitative estimate of drug-likeness (QED) is 0.325. The maximum Gasteiger partial charge on any atom is 0.260 e. The van der Waals surface area contributed by atoms with Crippen molar-refractivity contribution in [2.45, 2.75) is 38.0 Å². The van der Waals surface area contributed by atoms with Crippen LogP contribution in [0.15, 0.2) is 41.3 Å². The number of carbonyl (C=O) groups is 1. The van der Waals surface area contributed by atoms with Crippen molar-refractivity contribution in [1.29, 1.82) is 0 Å². The Hall–Kier alpha value is -2.47. The standard InChI is InChI=1S/C25H32F2N4O3S2/c1-5-12-30(13-6-2)36(33,34)20-10-8-18(9-11-20)24(32)31(15-7-14-29(3)4)25-28-23-21(27)16-19(26)17-22(23)35-25/h8-11,16-17H,5-7,12-15H2,1-4H3. The predicted molar refractivity (Wildman–Crippen MR) is 140 cm³/mol. The Labute approximate surface area is 215 Å². The van der Waals surface area contributed by atoms with Crippen molar-refractivity contribution < 1.29 is 22.0 Å². The fourth-order valence-electron chi connectivity index (χ4n) is 3.82. The van der Waals surface area contributed by atoms with E-state index >= 15 is 0 Å². The van der Waals surface area contributed by atoms with Gasteiger partial charge in [0.25, 0.3) is 5.91 Å². The van der Waals surface area contributed by atoms with Crippen LogP contribution in [0, 0.1) is 11.6 Å². The van der Waals surface area contributed by atoms with Crippen LogP contribution in [0.1, 0.15) is 43.5 Å². The first-order valence-electron chi connectivity index (χ1n) is 11.9. The van der Waals surface area contributed by atoms with Gasteiger partial charge in [-0.05, 0) is 70.2 Å². The van der Waals surface area contributed by atoms with Crippen molar-refractivity contribution in [3.05, 3.63) is 53.6 Å². The van der Waals surface area contributed by atoms with E-state index in [4.69, 9.17) is 0 Å². The third-order valence-electron chi connectivity index (χ3n) is 5.55. The first kappa shape index (κ1) is 28.1. The lowest BCUT2D eigenvalue weighted by Crippen LogP contribution is -2.34. The number of hydrogen-bond donors (Lipinski definition) is 0. The molecule has 0 aliphatic carbocycles. The largest absolute Gasteiger partial charge is 0.309 e. The monoisotopic (exact) mass is 538 g/mol. The summed E-state index contributed by atoms with van der Waals surface area (Å²) in [7, 11) is 0.162. The second-order valence-corrected chi connectivity index (χ2v) is 11.7. The number of aromatic nitrogens is 1. The van der Waals surface area contributed by atoms with Gasteiger partial charge in [-0.3, -0.25) is 9.69 Å². The lowest BCUT2D eigenvalue weighted by molar-refractivity contribution is 0.0986. The summed E-state index contributed by atoms with van der Waals surface area (Å²) in [6.07, 6.45) is 2.02. The molecule has 1 amide bonds. The number of sulfonamides is 1. The fraction of sp³-hybridized carbons (Fsp3) is 0.440. The molecular weight excluding hydrogens is 506 g/mol. The van der Waals surface area contributed by atoms with E-state index < -0.39 is 27.6 Å². The van der Waals surface area contributed by atoms with Crippen LogP contribution in [0.4, 0.5) is 13.9 Å². The number of amides is 1. The highest BCUT2D eigenvalue weighted by molar-refractivity contribution is 7.89. The molecule has 2 aromatic carbocycles. The van der Waals surface area contributed by atoms with Crippen LogP contribution >= 0.6 is 11.3 Å². The molecule has 0 radical (unpaired) electrons. The minimum Gasteiger partial charge on any atom is -0.309 e. The predicted octanol–water partition coefficient (Wildman–Crippen LogP) is 4.98. The molecule has 0 bridgehead atoms. The molecule has 0 N–H and O–H groups in total. The molecule has 0 unspecified atom stereocenters. The van der Waals surface area contributed by atoms with Gasteiger partial charge in [-0.15, -0.1) is 0 Å². The molecule has 1 heterocycles. The van der Waals surface area contributed by atoms with Crippen LogP contribution in [0.3, 0.4) is 0 Å². The highest BCUT2D eigenvalue weighted by Crippen LogP contribution is 2.32. The first-order valence-corrected chi connectivity index (χ1v) is 14.2. The number of nitrogens with zero attached hydrogens (tertiary/aromatic N) is 4. The summed E-state index contributed by atoms with van der Waals surface area (Å²) in [6.45, 7) is 5.71. The average molecular weight is 539 g/mol. The summed E-state index contributed by atoms with van der Waals surface area (Å²) in [5.74, 6) is -1.89. The summed E-state index contributed by atoms with van der Waals surface area (Å²) in [5.41, 5.74) is 0.289. The zero-order valence-corrected chi connectivity index (χ0v) is 22.6. The van der Waals surface area contributed by atoms with Crippen molar-refractivity contribution in [2.75, 3.05) is 45.2 Å². The number of fused-ring (bicyclic) bond motifs is 1. The average Bonchev–Trinajstić information content (AvgIpc) is 3.25. The fourth-order valence-corrected chi connectivity index (χ4v) is 6.47. The Morgan fingerprint density at radius 1 is 0.972 bits per heavy atom. The van der Waals surface area contributed by atoms with Gasteiger partial charge in [0.05, 0.1) is 9.60 Å². The number of rotatable bonds is 12. The number of hydrogen-bond acceptors (Lipinski definition) is 6. The van der Waals surface area contributed by atoms with E-state index in [1.807, 2.05) is 32.8 Å². The summed E-state index contributed by atoms with van der Waals surface area (Å²) in [4.78, 5) is 21.3. The molecule has 11 heteroatoms. The Morgan fingerprint density at radius 3 is 2.19 bits per heavy atom. The minimum atomic E-state index is -3.67. The maximum absolute atomic E-state index is 14.3. The highest BCUT2D eigenvalue weighted by atomic mass is 32.2. The lowest BCUT2D eigenvalue weighted by atomic mass is 10.2. The Bertz CT molecular complexity index is 1290. The van der Waals surface area contributed by atoms with Gasteiger partial charge < -0.3 is 4.90 Å². The summed E-state index contributed by atoms with van der Waals surface area (Å²) < 4.78 is 55.9. The van der Waals surface area contributed by atoms with Crippen LogP contribution < -0.4 is 4.90 Å². The number of thiazole rings is 1. The van der Waals surface area contributed by atoms with Crippen molar-refractivity contribution in [2.24, 2.45) is 0 Å². The van der Waals surface area contributed by atoms with Gasteiger partial charge >= 0.3 is 0 Å². The first-order chi connectivity index (χ1) is 17.1. The zero-order chi connectivity index (χ0) is 26.5. The minimum absolute atomic E-state index is 0.00944. The summed E-state index contributed by atoms with van der Waals surface area (Å²) in [5, 5.41) is 0.257. The Balaban J connectivity index is 1.93. The van der Waals surface area contributed by atoms with Crippen LogP contribution in [-0.2, 0) is 10.0 Å². The van der Waals surface area contributed by atoms with Crippen LogP contribution in [0.2, 0.25) is 0 Å². The lowest BCUT2D eigenvalue weighted by Gasteiger charge is -2.22. The second-order valence-electron chi connectivity index (χ2n) is 8.77. The van der Waals surface area contributed by atoms with Crippen molar-refractivity contribution in [3.63, 3.8) is 0 Å². The van der Waals surface area contributed by atoms with Gasteiger partial charge in [-0.1, -0.05) is 25.2 Å². The van der Waals surface area contributed by atoms with E-state index in [-0.39, 0.29) is 21.1 Å². The SMILES string of the molecule is CCCN(CCC)S(=O)(=O)c1ccc(C(=O)N(CCCN(C)C)c2nc3c(F)cc(F)cc3s2)cc1. The normalized spacial score (nSPS) is 12.1. The molecule has 0 fully saturated rings. The summed E-state index contributed by atoms with van der Waals surface area (Å²) in [6, 6.07) is 7.80. The van der Waals surface area contributed by atoms with E-state index in [0.717, 1.165) is 17.4 Å². The zero-order valence-electron chi connectivity index (χ0n) is 21.0. The molecule has 0 saturated carbocycles. The molecule has 3 aromatic rings. The molecule has 0 atom stereocenters. The molecule has 7 nitrogen and oxygen atoms in total. The molecular formula is C25H32F2N4O3S2. The molecule has 0 aliphatic rings. The van der Waals surface area contributed by atoms with E-state index in [1.165, 1.54) is 39.5 Å². The molecule has 36 heavy (non-hydrogen) atoms. The molecule has 1 aromatic heterocycles. The molecule has 3 rings (SSSR count). The third kappa shape index (κ3) is 6.44. The topological polar surface area (TPSA) is 73.8 Å².